The first-order valence-corrected chi connectivity index (χ1v) is 17.7. The van der Waals surface area contributed by atoms with Crippen LogP contribution in [0.25, 0.3) is 5.69 Å². The first-order valence-electron chi connectivity index (χ1n) is 16.2. The molecule has 5 unspecified atom stereocenters. The maximum absolute atomic E-state index is 13.9. The molecular formula is C32H37F3N6O7S. The number of rotatable bonds is 6. The zero-order chi connectivity index (χ0) is 35.1. The molecule has 3 aliphatic carbocycles. The van der Waals surface area contributed by atoms with Crippen LogP contribution in [0.15, 0.2) is 48.8 Å². The second-order valence-electron chi connectivity index (χ2n) is 13.1. The fourth-order valence-corrected chi connectivity index (χ4v) is 7.97. The van der Waals surface area contributed by atoms with E-state index in [2.05, 4.69) is 20.5 Å². The minimum Gasteiger partial charge on any atom is -0.446 e. The molecule has 3 saturated carbocycles. The third-order valence-corrected chi connectivity index (χ3v) is 11.4. The second-order valence-corrected chi connectivity index (χ2v) is 15.1. The summed E-state index contributed by atoms with van der Waals surface area (Å²) in [5.74, 6) is -4.31. The van der Waals surface area contributed by atoms with Crippen LogP contribution >= 0.6 is 0 Å². The Morgan fingerprint density at radius 2 is 1.88 bits per heavy atom. The molecule has 1 aromatic carbocycles. The Hall–Kier alpha value is -4.41. The molecule has 2 aromatic rings. The molecule has 0 spiro atoms. The van der Waals surface area contributed by atoms with Crippen molar-refractivity contribution in [3.63, 3.8) is 0 Å². The number of nitrogens with one attached hydrogen (secondary N) is 3. The average molecular weight is 707 g/mol. The average Bonchev–Trinajstić information content (AvgIpc) is 3.90. The van der Waals surface area contributed by atoms with Crippen molar-refractivity contribution in [1.82, 2.24) is 24.7 Å². The Bertz CT molecular complexity index is 1760. The Kier molecular flexibility index (Phi) is 9.23. The highest BCUT2D eigenvalue weighted by molar-refractivity contribution is 7.91. The molecule has 5 atom stereocenters. The number of alkyl halides is 3. The van der Waals surface area contributed by atoms with Crippen molar-refractivity contribution in [2.75, 3.05) is 18.9 Å². The number of sulfonamides is 1. The molecule has 6 rings (SSSR count). The van der Waals surface area contributed by atoms with E-state index >= 15 is 0 Å². The van der Waals surface area contributed by atoms with Crippen molar-refractivity contribution in [2.45, 2.75) is 74.4 Å². The predicted octanol–water partition coefficient (Wildman–Crippen LogP) is 3.52. The van der Waals surface area contributed by atoms with Crippen LogP contribution in [-0.2, 0) is 35.3 Å². The normalized spacial score (nSPS) is 27.7. The number of nitrogens with zero attached hydrogens (tertiary/aromatic N) is 3. The lowest BCUT2D eigenvalue weighted by Gasteiger charge is -2.26. The van der Waals surface area contributed by atoms with E-state index in [1.54, 1.807) is 19.2 Å². The van der Waals surface area contributed by atoms with E-state index in [0.29, 0.717) is 32.2 Å². The van der Waals surface area contributed by atoms with E-state index in [1.807, 2.05) is 6.08 Å². The van der Waals surface area contributed by atoms with Crippen molar-refractivity contribution >= 4 is 39.5 Å². The number of carbonyl (C=O) groups excluding carboxylic acids is 4. The summed E-state index contributed by atoms with van der Waals surface area (Å²) in [4.78, 5) is 55.6. The van der Waals surface area contributed by atoms with Gasteiger partial charge < -0.3 is 15.0 Å². The SMILES string of the molecule is CN1CCCCC=CC2CC2(C(=O)NS(=O)(=O)C2CC2)NC(=O)C2CC(OC(=O)Nc3cc(C(F)(F)F)ccc3-n3cccn3)CC2C1=O. The minimum absolute atomic E-state index is 0.0537. The fraction of sp³-hybridized carbons (Fsp3) is 0.531. The van der Waals surface area contributed by atoms with Crippen LogP contribution in [0.5, 0.6) is 0 Å². The fourth-order valence-electron chi connectivity index (χ4n) is 6.61. The predicted molar refractivity (Wildman–Crippen MR) is 168 cm³/mol. The van der Waals surface area contributed by atoms with Gasteiger partial charge in [0.25, 0.3) is 5.91 Å². The van der Waals surface area contributed by atoms with Gasteiger partial charge in [-0.15, -0.1) is 0 Å². The van der Waals surface area contributed by atoms with Gasteiger partial charge in [0.05, 0.1) is 34.0 Å². The van der Waals surface area contributed by atoms with Gasteiger partial charge in [0, 0.05) is 31.9 Å². The molecule has 13 nitrogen and oxygen atoms in total. The van der Waals surface area contributed by atoms with Gasteiger partial charge >= 0.3 is 12.3 Å². The molecule has 2 heterocycles. The number of hydrogen-bond donors (Lipinski definition) is 3. The largest absolute Gasteiger partial charge is 0.446 e. The first kappa shape index (κ1) is 34.5. The Morgan fingerprint density at radius 1 is 1.12 bits per heavy atom. The number of benzene rings is 1. The van der Waals surface area contributed by atoms with Crippen molar-refractivity contribution in [3.05, 3.63) is 54.4 Å². The highest BCUT2D eigenvalue weighted by Gasteiger charge is 2.62. The first-order chi connectivity index (χ1) is 23.2. The summed E-state index contributed by atoms with van der Waals surface area (Å²) < 4.78 is 74.8. The number of aromatic nitrogens is 2. The van der Waals surface area contributed by atoms with Gasteiger partial charge in [-0.3, -0.25) is 24.4 Å². The van der Waals surface area contributed by atoms with Crippen LogP contribution in [0.4, 0.5) is 23.7 Å². The van der Waals surface area contributed by atoms with Crippen molar-refractivity contribution in [3.8, 4) is 5.69 Å². The molecule has 1 aliphatic heterocycles. The van der Waals surface area contributed by atoms with E-state index in [9.17, 15) is 40.8 Å². The maximum Gasteiger partial charge on any atom is 0.416 e. The van der Waals surface area contributed by atoms with E-state index in [1.165, 1.54) is 22.0 Å². The topological polar surface area (TPSA) is 169 Å². The van der Waals surface area contributed by atoms with Crippen molar-refractivity contribution in [1.29, 1.82) is 0 Å². The second kappa shape index (κ2) is 13.1. The molecule has 49 heavy (non-hydrogen) atoms. The number of fused-ring (bicyclic) bond motifs is 2. The van der Waals surface area contributed by atoms with Crippen LogP contribution in [0.3, 0.4) is 0 Å². The number of anilines is 1. The van der Waals surface area contributed by atoms with E-state index < -0.39 is 74.3 Å². The van der Waals surface area contributed by atoms with Crippen LogP contribution in [0, 0.1) is 17.8 Å². The summed E-state index contributed by atoms with van der Waals surface area (Å²) >= 11 is 0. The van der Waals surface area contributed by atoms with Gasteiger partial charge in [-0.1, -0.05) is 12.2 Å². The van der Waals surface area contributed by atoms with Crippen LogP contribution in [0.1, 0.15) is 56.9 Å². The molecule has 4 amide bonds. The number of carbonyl (C=O) groups is 4. The Morgan fingerprint density at radius 3 is 2.57 bits per heavy atom. The number of amides is 4. The van der Waals surface area contributed by atoms with Gasteiger partial charge in [-0.25, -0.2) is 17.9 Å². The van der Waals surface area contributed by atoms with Gasteiger partial charge in [-0.2, -0.15) is 18.3 Å². The minimum atomic E-state index is -4.69. The summed E-state index contributed by atoms with van der Waals surface area (Å²) in [6.07, 6.45) is 2.79. The quantitative estimate of drug-likeness (QED) is 0.384. The number of hydrogen-bond acceptors (Lipinski definition) is 8. The molecule has 264 valence electrons. The highest BCUT2D eigenvalue weighted by atomic mass is 32.2. The molecule has 17 heteroatoms. The molecular weight excluding hydrogens is 669 g/mol. The number of allylic oxidation sites excluding steroid dienone is 1. The Balaban J connectivity index is 1.22. The molecule has 4 aliphatic rings. The van der Waals surface area contributed by atoms with E-state index in [-0.39, 0.29) is 36.5 Å². The lowest BCUT2D eigenvalue weighted by molar-refractivity contribution is -0.140. The summed E-state index contributed by atoms with van der Waals surface area (Å²) in [6.45, 7) is 0.421. The van der Waals surface area contributed by atoms with E-state index in [4.69, 9.17) is 4.74 Å². The molecule has 0 saturated heterocycles. The zero-order valence-electron chi connectivity index (χ0n) is 26.6. The smallest absolute Gasteiger partial charge is 0.416 e. The van der Waals surface area contributed by atoms with Crippen molar-refractivity contribution in [2.24, 2.45) is 17.8 Å². The molecule has 0 radical (unpaired) electrons. The lowest BCUT2D eigenvalue weighted by Crippen LogP contribution is -2.54. The van der Waals surface area contributed by atoms with Gasteiger partial charge in [0.2, 0.25) is 21.8 Å². The van der Waals surface area contributed by atoms with Crippen LogP contribution in [-0.4, -0.2) is 77.4 Å². The number of ether oxygens (including phenoxy) is 1. The molecule has 3 fully saturated rings. The highest BCUT2D eigenvalue weighted by Crippen LogP contribution is 2.47. The zero-order valence-corrected chi connectivity index (χ0v) is 27.4. The van der Waals surface area contributed by atoms with Crippen molar-refractivity contribution < 1.29 is 45.5 Å². The van der Waals surface area contributed by atoms with E-state index in [0.717, 1.165) is 24.6 Å². The monoisotopic (exact) mass is 706 g/mol. The van der Waals surface area contributed by atoms with Gasteiger partial charge in [0.15, 0.2) is 0 Å². The van der Waals surface area contributed by atoms with Gasteiger partial charge in [0.1, 0.15) is 11.6 Å². The lowest BCUT2D eigenvalue weighted by atomic mass is 9.93. The van der Waals surface area contributed by atoms with Crippen LogP contribution in [0.2, 0.25) is 0 Å². The molecule has 0 bridgehead atoms. The summed E-state index contributed by atoms with van der Waals surface area (Å²) in [6, 6.07) is 4.33. The van der Waals surface area contributed by atoms with Crippen LogP contribution < -0.4 is 15.4 Å². The molecule has 3 N–H and O–H groups in total. The number of halogens is 3. The summed E-state index contributed by atoms with van der Waals surface area (Å²) in [5.41, 5.74) is -2.62. The Labute approximate surface area is 280 Å². The third-order valence-electron chi connectivity index (χ3n) is 9.58. The van der Waals surface area contributed by atoms with Gasteiger partial charge in [-0.05, 0) is 75.6 Å². The molecule has 1 aromatic heterocycles. The summed E-state index contributed by atoms with van der Waals surface area (Å²) in [5, 5.41) is 8.49. The standard InChI is InChI=1S/C32H37F3N6O7S/c1-40-13-5-3-2-4-7-20-18-31(20,29(44)39-49(46,47)22-9-10-22)38-27(42)23-16-21(17-24(23)28(40)43)48-30(45)37-25-15-19(32(33,34)35)8-11-26(25)41-14-6-12-36-41/h4,6-8,11-12,14-15,20-24H,2-3,5,9-10,13,16-18H2,1H3,(H,37,45)(H,38,42)(H,39,44). The summed E-state index contributed by atoms with van der Waals surface area (Å²) in [7, 11) is -2.29. The third kappa shape index (κ3) is 7.45. The maximum atomic E-state index is 13.9.